The first-order valence-electron chi connectivity index (χ1n) is 6.67. The van der Waals surface area contributed by atoms with Gasteiger partial charge < -0.3 is 15.5 Å². The number of amides is 1. The highest BCUT2D eigenvalue weighted by molar-refractivity contribution is 5.94. The number of carbonyl (C=O) groups is 2. The number of aromatic hydroxyl groups is 1. The van der Waals surface area contributed by atoms with Crippen LogP contribution < -0.4 is 5.32 Å². The van der Waals surface area contributed by atoms with E-state index in [0.29, 0.717) is 24.1 Å². The van der Waals surface area contributed by atoms with Crippen LogP contribution in [0.25, 0.3) is 0 Å². The van der Waals surface area contributed by atoms with Crippen LogP contribution in [-0.4, -0.2) is 22.1 Å². The van der Waals surface area contributed by atoms with Gasteiger partial charge in [-0.15, -0.1) is 0 Å². The van der Waals surface area contributed by atoms with Crippen LogP contribution >= 0.6 is 0 Å². The molecule has 5 nitrogen and oxygen atoms in total. The zero-order valence-corrected chi connectivity index (χ0v) is 12.1. The molecule has 0 spiro atoms. The molecule has 0 saturated carbocycles. The Morgan fingerprint density at radius 3 is 2.30 bits per heavy atom. The third-order valence-electron chi connectivity index (χ3n) is 3.79. The monoisotopic (exact) mass is 279 g/mol. The van der Waals surface area contributed by atoms with Crippen LogP contribution in [0.1, 0.15) is 38.7 Å². The molecule has 0 saturated heterocycles. The zero-order valence-electron chi connectivity index (χ0n) is 12.1. The third-order valence-corrected chi connectivity index (χ3v) is 3.79. The molecule has 0 fully saturated rings. The predicted molar refractivity (Wildman–Crippen MR) is 76.7 cm³/mol. The molecule has 0 heterocycles. The number of rotatable bonds is 6. The van der Waals surface area contributed by atoms with Crippen LogP contribution in [0.5, 0.6) is 5.75 Å². The van der Waals surface area contributed by atoms with Crippen LogP contribution in [0.15, 0.2) is 18.2 Å². The van der Waals surface area contributed by atoms with Gasteiger partial charge in [-0.05, 0) is 43.5 Å². The number of hydrogen-bond donors (Lipinski definition) is 3. The summed E-state index contributed by atoms with van der Waals surface area (Å²) >= 11 is 0. The van der Waals surface area contributed by atoms with Gasteiger partial charge in [0.15, 0.2) is 0 Å². The molecule has 1 aromatic carbocycles. The number of nitrogens with one attached hydrogen (secondary N) is 1. The van der Waals surface area contributed by atoms with Crippen LogP contribution in [0, 0.1) is 12.3 Å². The molecule has 0 aromatic heterocycles. The van der Waals surface area contributed by atoms with Crippen molar-refractivity contribution in [3.63, 3.8) is 0 Å². The number of phenols is 1. The summed E-state index contributed by atoms with van der Waals surface area (Å²) in [5.74, 6) is -1.12. The summed E-state index contributed by atoms with van der Waals surface area (Å²) in [7, 11) is 0. The average molecular weight is 279 g/mol. The Balaban J connectivity index is 2.80. The predicted octanol–water partition coefficient (Wildman–Crippen LogP) is 2.92. The Labute approximate surface area is 118 Å². The van der Waals surface area contributed by atoms with Crippen molar-refractivity contribution in [1.82, 2.24) is 0 Å². The Bertz CT molecular complexity index is 507. The first kappa shape index (κ1) is 16.0. The quantitative estimate of drug-likeness (QED) is 0.699. The number of anilines is 1. The average Bonchev–Trinajstić information content (AvgIpc) is 2.40. The minimum atomic E-state index is -1.02. The minimum absolute atomic E-state index is 0.0603. The van der Waals surface area contributed by atoms with E-state index in [0.717, 1.165) is 0 Å². The molecule has 110 valence electrons. The minimum Gasteiger partial charge on any atom is -0.508 e. The maximum atomic E-state index is 12.0. The molecule has 0 aliphatic carbocycles. The lowest BCUT2D eigenvalue weighted by molar-refractivity contribution is -0.151. The molecule has 0 aliphatic rings. The van der Waals surface area contributed by atoms with E-state index < -0.39 is 11.4 Å². The topological polar surface area (TPSA) is 86.6 Å². The van der Waals surface area contributed by atoms with Crippen molar-refractivity contribution < 1.29 is 19.8 Å². The van der Waals surface area contributed by atoms with Crippen molar-refractivity contribution in [3.05, 3.63) is 23.8 Å². The fourth-order valence-electron chi connectivity index (χ4n) is 2.12. The van der Waals surface area contributed by atoms with E-state index in [1.807, 2.05) is 0 Å². The molecule has 0 atom stereocenters. The van der Waals surface area contributed by atoms with Crippen LogP contribution in [0.4, 0.5) is 5.69 Å². The summed E-state index contributed by atoms with van der Waals surface area (Å²) < 4.78 is 0. The van der Waals surface area contributed by atoms with Gasteiger partial charge in [0, 0.05) is 12.1 Å². The molecule has 0 radical (unpaired) electrons. The second-order valence-corrected chi connectivity index (χ2v) is 5.02. The molecule has 1 rings (SSSR count). The highest BCUT2D eigenvalue weighted by atomic mass is 16.4. The third kappa shape index (κ3) is 3.50. The van der Waals surface area contributed by atoms with E-state index in [1.165, 1.54) is 6.07 Å². The molecular formula is C15H21NO4. The molecule has 1 aromatic rings. The Kier molecular flexibility index (Phi) is 5.13. The van der Waals surface area contributed by atoms with Gasteiger partial charge in [-0.3, -0.25) is 9.59 Å². The van der Waals surface area contributed by atoms with Gasteiger partial charge in [-0.25, -0.2) is 0 Å². The Morgan fingerprint density at radius 2 is 1.85 bits per heavy atom. The van der Waals surface area contributed by atoms with Gasteiger partial charge in [0.1, 0.15) is 5.75 Å². The van der Waals surface area contributed by atoms with Crippen LogP contribution in [0.2, 0.25) is 0 Å². The van der Waals surface area contributed by atoms with Crippen molar-refractivity contribution in [2.75, 3.05) is 5.32 Å². The summed E-state index contributed by atoms with van der Waals surface area (Å²) in [6, 6.07) is 4.73. The summed E-state index contributed by atoms with van der Waals surface area (Å²) in [5.41, 5.74) is 0.186. The number of carboxylic acids is 1. The van der Waals surface area contributed by atoms with E-state index in [4.69, 9.17) is 0 Å². The first-order valence-corrected chi connectivity index (χ1v) is 6.67. The normalized spacial score (nSPS) is 11.2. The standard InChI is InChI=1S/C15H21NO4/c1-4-15(5-2,14(19)20)9-13(18)16-11-6-7-12(17)10(3)8-11/h6-8,17H,4-5,9H2,1-3H3,(H,16,18)(H,19,20). The van der Waals surface area contributed by atoms with Gasteiger partial charge in [-0.1, -0.05) is 13.8 Å². The lowest BCUT2D eigenvalue weighted by Gasteiger charge is -2.25. The fraction of sp³-hybridized carbons (Fsp3) is 0.467. The summed E-state index contributed by atoms with van der Waals surface area (Å²) in [4.78, 5) is 23.4. The number of carbonyl (C=O) groups excluding carboxylic acids is 1. The van der Waals surface area contributed by atoms with E-state index in [1.54, 1.807) is 32.9 Å². The number of aryl methyl sites for hydroxylation is 1. The van der Waals surface area contributed by atoms with Gasteiger partial charge in [0.05, 0.1) is 5.41 Å². The molecule has 3 N–H and O–H groups in total. The molecule has 1 amide bonds. The van der Waals surface area contributed by atoms with Gasteiger partial charge >= 0.3 is 5.97 Å². The number of phenolic OH excluding ortho intramolecular Hbond substituents is 1. The van der Waals surface area contributed by atoms with E-state index >= 15 is 0 Å². The summed E-state index contributed by atoms with van der Waals surface area (Å²) in [6.45, 7) is 5.27. The summed E-state index contributed by atoms with van der Waals surface area (Å²) in [6.07, 6.45) is 0.747. The SMILES string of the molecule is CCC(CC)(CC(=O)Nc1ccc(O)c(C)c1)C(=O)O. The number of carboxylic acid groups (broad SMARTS) is 1. The number of hydrogen-bond acceptors (Lipinski definition) is 3. The molecular weight excluding hydrogens is 258 g/mol. The second-order valence-electron chi connectivity index (χ2n) is 5.02. The molecule has 5 heteroatoms. The highest BCUT2D eigenvalue weighted by Crippen LogP contribution is 2.31. The molecule has 0 aliphatic heterocycles. The van der Waals surface area contributed by atoms with E-state index in [9.17, 15) is 19.8 Å². The second kappa shape index (κ2) is 6.41. The maximum Gasteiger partial charge on any atom is 0.310 e. The number of aliphatic carboxylic acids is 1. The smallest absolute Gasteiger partial charge is 0.310 e. The van der Waals surface area contributed by atoms with Crippen LogP contribution in [-0.2, 0) is 9.59 Å². The molecule has 0 unspecified atom stereocenters. The Hall–Kier alpha value is -2.04. The largest absolute Gasteiger partial charge is 0.508 e. The molecule has 0 bridgehead atoms. The fourth-order valence-corrected chi connectivity index (χ4v) is 2.12. The Morgan fingerprint density at radius 1 is 1.25 bits per heavy atom. The van der Waals surface area contributed by atoms with Crippen molar-refractivity contribution >= 4 is 17.6 Å². The van der Waals surface area contributed by atoms with Crippen molar-refractivity contribution in [2.24, 2.45) is 5.41 Å². The first-order chi connectivity index (χ1) is 9.34. The van der Waals surface area contributed by atoms with E-state index in [2.05, 4.69) is 5.32 Å². The van der Waals surface area contributed by atoms with Gasteiger partial charge in [0.25, 0.3) is 0 Å². The lowest BCUT2D eigenvalue weighted by atomic mass is 9.79. The van der Waals surface area contributed by atoms with Crippen molar-refractivity contribution in [1.29, 1.82) is 0 Å². The lowest BCUT2D eigenvalue weighted by Crippen LogP contribution is -2.34. The summed E-state index contributed by atoms with van der Waals surface area (Å²) in [5, 5.41) is 21.4. The van der Waals surface area contributed by atoms with Crippen molar-refractivity contribution in [2.45, 2.75) is 40.0 Å². The highest BCUT2D eigenvalue weighted by Gasteiger charge is 2.37. The van der Waals surface area contributed by atoms with Gasteiger partial charge in [-0.2, -0.15) is 0 Å². The van der Waals surface area contributed by atoms with Crippen LogP contribution in [0.3, 0.4) is 0 Å². The molecule has 20 heavy (non-hydrogen) atoms. The maximum absolute atomic E-state index is 12.0. The van der Waals surface area contributed by atoms with Gasteiger partial charge in [0.2, 0.25) is 5.91 Å². The zero-order chi connectivity index (χ0) is 15.3. The van der Waals surface area contributed by atoms with Crippen molar-refractivity contribution in [3.8, 4) is 5.75 Å². The number of benzene rings is 1. The van der Waals surface area contributed by atoms with E-state index in [-0.39, 0.29) is 18.1 Å².